The predicted molar refractivity (Wildman–Crippen MR) is 75.5 cm³/mol. The molecule has 0 bridgehead atoms. The summed E-state index contributed by atoms with van der Waals surface area (Å²) in [6, 6.07) is -0.357. The van der Waals surface area contributed by atoms with Crippen LogP contribution in [-0.2, 0) is 4.79 Å². The van der Waals surface area contributed by atoms with Crippen LogP contribution in [0.3, 0.4) is 0 Å². The lowest BCUT2D eigenvalue weighted by Crippen LogP contribution is -2.46. The van der Waals surface area contributed by atoms with Gasteiger partial charge in [0.05, 0.1) is 6.04 Å². The summed E-state index contributed by atoms with van der Waals surface area (Å²) in [4.78, 5) is 14.3. The van der Waals surface area contributed by atoms with Crippen LogP contribution in [0.15, 0.2) is 0 Å². The Morgan fingerprint density at radius 2 is 2.00 bits per heavy atom. The molecular weight excluding hydrogens is 240 g/mol. The van der Waals surface area contributed by atoms with Gasteiger partial charge in [0.1, 0.15) is 0 Å². The number of hydrogen-bond acceptors (Lipinski definition) is 3. The van der Waals surface area contributed by atoms with E-state index in [1.807, 2.05) is 18.7 Å². The molecule has 2 rings (SSSR count). The van der Waals surface area contributed by atoms with Gasteiger partial charge in [0.15, 0.2) is 0 Å². The zero-order chi connectivity index (χ0) is 14.0. The molecule has 0 aromatic heterocycles. The van der Waals surface area contributed by atoms with Crippen molar-refractivity contribution in [3.05, 3.63) is 0 Å². The molecule has 4 heteroatoms. The quantitative estimate of drug-likeness (QED) is 0.812. The number of aliphatic hydroxyl groups is 1. The lowest BCUT2D eigenvalue weighted by molar-refractivity contribution is -0.133. The van der Waals surface area contributed by atoms with Crippen LogP contribution >= 0.6 is 0 Å². The van der Waals surface area contributed by atoms with E-state index in [9.17, 15) is 9.90 Å². The fraction of sp³-hybridized carbons (Fsp3) is 0.933. The molecule has 2 aliphatic rings. The molecule has 19 heavy (non-hydrogen) atoms. The smallest absolute Gasteiger partial charge is 0.239 e. The van der Waals surface area contributed by atoms with Crippen molar-refractivity contribution in [2.24, 2.45) is 23.0 Å². The zero-order valence-corrected chi connectivity index (χ0v) is 12.3. The molecule has 0 aromatic rings. The van der Waals surface area contributed by atoms with Gasteiger partial charge in [0, 0.05) is 19.7 Å². The second-order valence-corrected chi connectivity index (χ2v) is 6.91. The maximum atomic E-state index is 12.3. The summed E-state index contributed by atoms with van der Waals surface area (Å²) in [6.07, 6.45) is 5.63. The Labute approximate surface area is 116 Å². The summed E-state index contributed by atoms with van der Waals surface area (Å²) < 4.78 is 0. The highest BCUT2D eigenvalue weighted by Gasteiger charge is 2.43. The normalized spacial score (nSPS) is 33.1. The minimum Gasteiger partial charge on any atom is -0.396 e. The van der Waals surface area contributed by atoms with Crippen molar-refractivity contribution >= 4 is 5.91 Å². The van der Waals surface area contributed by atoms with Crippen molar-refractivity contribution in [1.29, 1.82) is 0 Å². The van der Waals surface area contributed by atoms with Crippen LogP contribution in [0, 0.1) is 17.3 Å². The molecule has 1 heterocycles. The summed E-state index contributed by atoms with van der Waals surface area (Å²) in [7, 11) is 0. The largest absolute Gasteiger partial charge is 0.396 e. The number of nitrogens with two attached hydrogens (primary N) is 1. The first kappa shape index (κ1) is 14.8. The Balaban J connectivity index is 1.91. The molecule has 1 aliphatic heterocycles. The first-order valence-electron chi connectivity index (χ1n) is 7.63. The first-order valence-corrected chi connectivity index (χ1v) is 7.63. The minimum absolute atomic E-state index is 0.121. The Morgan fingerprint density at radius 3 is 2.53 bits per heavy atom. The van der Waals surface area contributed by atoms with Gasteiger partial charge in [-0.2, -0.15) is 0 Å². The van der Waals surface area contributed by atoms with E-state index in [2.05, 4.69) is 0 Å². The molecule has 0 aromatic carbocycles. The lowest BCUT2D eigenvalue weighted by Gasteiger charge is -2.36. The average Bonchev–Trinajstić information content (AvgIpc) is 2.82. The van der Waals surface area contributed by atoms with Gasteiger partial charge in [-0.15, -0.1) is 0 Å². The van der Waals surface area contributed by atoms with E-state index in [4.69, 9.17) is 5.73 Å². The Kier molecular flexibility index (Phi) is 4.51. The molecule has 2 fully saturated rings. The second-order valence-electron chi connectivity index (χ2n) is 6.91. The number of amides is 1. The Hall–Kier alpha value is -0.610. The average molecular weight is 268 g/mol. The molecule has 1 atom stereocenters. The number of hydrogen-bond donors (Lipinski definition) is 2. The summed E-state index contributed by atoms with van der Waals surface area (Å²) in [6.45, 7) is 6.06. The van der Waals surface area contributed by atoms with Crippen molar-refractivity contribution in [1.82, 2.24) is 4.90 Å². The maximum absolute atomic E-state index is 12.3. The molecule has 4 nitrogen and oxygen atoms in total. The van der Waals surface area contributed by atoms with Gasteiger partial charge < -0.3 is 15.7 Å². The molecule has 1 saturated heterocycles. The van der Waals surface area contributed by atoms with Crippen molar-refractivity contribution in [3.63, 3.8) is 0 Å². The van der Waals surface area contributed by atoms with Gasteiger partial charge in [-0.1, -0.05) is 13.8 Å². The fourth-order valence-corrected chi connectivity index (χ4v) is 3.50. The molecule has 1 spiro atoms. The van der Waals surface area contributed by atoms with Crippen molar-refractivity contribution < 1.29 is 9.90 Å². The molecule has 0 radical (unpaired) electrons. The topological polar surface area (TPSA) is 66.6 Å². The zero-order valence-electron chi connectivity index (χ0n) is 12.3. The highest BCUT2D eigenvalue weighted by atomic mass is 16.3. The van der Waals surface area contributed by atoms with Crippen LogP contribution in [-0.4, -0.2) is 41.7 Å². The van der Waals surface area contributed by atoms with Crippen LogP contribution in [0.5, 0.6) is 0 Å². The monoisotopic (exact) mass is 268 g/mol. The van der Waals surface area contributed by atoms with Crippen LogP contribution < -0.4 is 5.73 Å². The number of carbonyl (C=O) groups excluding carboxylic acids is 1. The van der Waals surface area contributed by atoms with Gasteiger partial charge in [-0.05, 0) is 49.4 Å². The molecule has 110 valence electrons. The SMILES string of the molecule is CC(C)[C@H](N)C(=O)N1CCC2(CCC(CO)CC2)C1. The Bertz CT molecular complexity index is 322. The number of carbonyl (C=O) groups is 1. The van der Waals surface area contributed by atoms with Gasteiger partial charge in [0.25, 0.3) is 0 Å². The number of aliphatic hydroxyl groups excluding tert-OH is 1. The van der Waals surface area contributed by atoms with Crippen molar-refractivity contribution in [2.45, 2.75) is 52.0 Å². The third kappa shape index (κ3) is 3.11. The molecule has 3 N–H and O–H groups in total. The van der Waals surface area contributed by atoms with E-state index < -0.39 is 0 Å². The standard InChI is InChI=1S/C15H28N2O2/c1-11(2)13(16)14(19)17-8-7-15(10-17)5-3-12(9-18)4-6-15/h11-13,18H,3-10,16H2,1-2H3/t12?,13-,15?/m0/s1. The predicted octanol–water partition coefficient (Wildman–Crippen LogP) is 1.37. The lowest BCUT2D eigenvalue weighted by atomic mass is 9.70. The van der Waals surface area contributed by atoms with E-state index in [0.717, 1.165) is 45.2 Å². The first-order chi connectivity index (χ1) is 8.97. The van der Waals surface area contributed by atoms with Crippen LogP contribution in [0.4, 0.5) is 0 Å². The fourth-order valence-electron chi connectivity index (χ4n) is 3.50. The highest BCUT2D eigenvalue weighted by molar-refractivity contribution is 5.82. The van der Waals surface area contributed by atoms with Crippen molar-refractivity contribution in [2.75, 3.05) is 19.7 Å². The summed E-state index contributed by atoms with van der Waals surface area (Å²) in [5.41, 5.74) is 6.29. The third-order valence-corrected chi connectivity index (χ3v) is 5.18. The summed E-state index contributed by atoms with van der Waals surface area (Å²) >= 11 is 0. The van der Waals surface area contributed by atoms with Crippen LogP contribution in [0.25, 0.3) is 0 Å². The van der Waals surface area contributed by atoms with Gasteiger partial charge in [-0.25, -0.2) is 0 Å². The number of likely N-dealkylation sites (tertiary alicyclic amines) is 1. The molecule has 1 amide bonds. The second kappa shape index (κ2) is 5.80. The Morgan fingerprint density at radius 1 is 1.37 bits per heavy atom. The molecule has 0 unspecified atom stereocenters. The minimum atomic E-state index is -0.357. The van der Waals surface area contributed by atoms with E-state index in [0.29, 0.717) is 17.9 Å². The van der Waals surface area contributed by atoms with E-state index >= 15 is 0 Å². The van der Waals surface area contributed by atoms with Gasteiger partial charge >= 0.3 is 0 Å². The summed E-state index contributed by atoms with van der Waals surface area (Å²) in [5.74, 6) is 0.804. The maximum Gasteiger partial charge on any atom is 0.239 e. The molecule has 1 saturated carbocycles. The van der Waals surface area contributed by atoms with E-state index in [1.54, 1.807) is 0 Å². The van der Waals surface area contributed by atoms with Crippen molar-refractivity contribution in [3.8, 4) is 0 Å². The third-order valence-electron chi connectivity index (χ3n) is 5.18. The molecule has 1 aliphatic carbocycles. The summed E-state index contributed by atoms with van der Waals surface area (Å²) in [5, 5.41) is 9.22. The number of nitrogens with zero attached hydrogens (tertiary/aromatic N) is 1. The highest BCUT2D eigenvalue weighted by Crippen LogP contribution is 2.45. The van der Waals surface area contributed by atoms with Gasteiger partial charge in [0.2, 0.25) is 5.91 Å². The molecular formula is C15H28N2O2. The van der Waals surface area contributed by atoms with E-state index in [-0.39, 0.29) is 17.9 Å². The van der Waals surface area contributed by atoms with Crippen LogP contribution in [0.1, 0.15) is 46.0 Å². The van der Waals surface area contributed by atoms with E-state index in [1.165, 1.54) is 0 Å². The number of rotatable bonds is 3. The van der Waals surface area contributed by atoms with Gasteiger partial charge in [-0.3, -0.25) is 4.79 Å². The van der Waals surface area contributed by atoms with Crippen LogP contribution in [0.2, 0.25) is 0 Å².